The van der Waals surface area contributed by atoms with Gasteiger partial charge in [-0.1, -0.05) is 48.0 Å². The van der Waals surface area contributed by atoms with E-state index in [1.54, 1.807) is 38.9 Å². The van der Waals surface area contributed by atoms with Crippen molar-refractivity contribution in [3.63, 3.8) is 0 Å². The van der Waals surface area contributed by atoms with E-state index in [0.29, 0.717) is 51.2 Å². The largest absolute Gasteiger partial charge is 0.494 e. The third-order valence-electron chi connectivity index (χ3n) is 15.0. The molecule has 3 amide bonds. The Hall–Kier alpha value is -6.85. The number of nitrogens with zero attached hydrogens (tertiary/aromatic N) is 9. The van der Waals surface area contributed by atoms with Gasteiger partial charge in [0, 0.05) is 99.7 Å². The summed E-state index contributed by atoms with van der Waals surface area (Å²) in [6.07, 6.45) is 12.2. The van der Waals surface area contributed by atoms with Gasteiger partial charge in [-0.3, -0.25) is 29.3 Å². The summed E-state index contributed by atoms with van der Waals surface area (Å²) in [7, 11) is 0.865. The molecule has 4 aliphatic rings. The number of hydrogen-bond donors (Lipinski definition) is 4. The van der Waals surface area contributed by atoms with E-state index in [1.165, 1.54) is 12.8 Å². The topological polar surface area (TPSA) is 195 Å². The van der Waals surface area contributed by atoms with Gasteiger partial charge in [-0.05, 0) is 106 Å². The summed E-state index contributed by atoms with van der Waals surface area (Å²) in [5.41, 5.74) is 7.67. The number of anilines is 6. The number of pyridine rings is 1. The molecule has 4 aliphatic heterocycles. The standard InChI is InChI=1S/C55H65ClN13O5P/c1-65-35-39(31-59-65)42-29-47(62-55-58-33-43(56)52(64-55)60-44-12-10-38(28-50(44)75(3,4)73)37-8-6-5-7-9-37)49(74-2)30-48(42)69-22-18-40(19-23-69)67-20-16-36(17-21-67)34-66-24-26-68(27-25-66)41-11-13-45(57-32-41)53(71)61-46-14-15-51(70)63-54(46)72/h5-13,28-33,35-36,40,46H,14-27,34H2,1-4H3,(H,61,71)(H,63,70,72)(H2,58,60,62,64). The lowest BCUT2D eigenvalue weighted by Gasteiger charge is -2.44. The van der Waals surface area contributed by atoms with Crippen molar-refractivity contribution in [2.75, 3.05) is 99.8 Å². The third-order valence-corrected chi connectivity index (χ3v) is 16.8. The molecule has 4 saturated heterocycles. The predicted molar refractivity (Wildman–Crippen MR) is 296 cm³/mol. The number of methoxy groups -OCH3 is 1. The van der Waals surface area contributed by atoms with Crippen molar-refractivity contribution >= 4 is 76.3 Å². The molecule has 7 heterocycles. The van der Waals surface area contributed by atoms with Gasteiger partial charge >= 0.3 is 0 Å². The molecule has 10 rings (SSSR count). The van der Waals surface area contributed by atoms with E-state index in [1.807, 2.05) is 78.7 Å². The lowest BCUT2D eigenvalue weighted by atomic mass is 9.92. The first kappa shape index (κ1) is 51.6. The Morgan fingerprint density at radius 1 is 0.800 bits per heavy atom. The monoisotopic (exact) mass is 1050 g/mol. The summed E-state index contributed by atoms with van der Waals surface area (Å²) in [6.45, 7) is 12.4. The molecule has 6 aromatic rings. The molecule has 0 bridgehead atoms. The first-order valence-electron chi connectivity index (χ1n) is 25.8. The van der Waals surface area contributed by atoms with Crippen LogP contribution in [-0.2, 0) is 21.2 Å². The van der Waals surface area contributed by atoms with Crippen molar-refractivity contribution < 1.29 is 23.7 Å². The summed E-state index contributed by atoms with van der Waals surface area (Å²) in [4.78, 5) is 60.2. The number of nitrogens with one attached hydrogen (secondary N) is 4. The van der Waals surface area contributed by atoms with E-state index in [9.17, 15) is 18.9 Å². The van der Waals surface area contributed by atoms with Crippen LogP contribution in [0.5, 0.6) is 5.75 Å². The second kappa shape index (κ2) is 22.6. The fourth-order valence-corrected chi connectivity index (χ4v) is 12.1. The van der Waals surface area contributed by atoms with Gasteiger partial charge in [-0.25, -0.2) is 9.97 Å². The van der Waals surface area contributed by atoms with Crippen LogP contribution in [0.15, 0.2) is 97.6 Å². The Balaban J connectivity index is 0.735. The molecule has 392 valence electrons. The molecular formula is C55H65ClN13O5P. The highest BCUT2D eigenvalue weighted by Gasteiger charge is 2.32. The van der Waals surface area contributed by atoms with Gasteiger partial charge in [-0.15, -0.1) is 0 Å². The number of carbonyl (C=O) groups excluding carboxylic acids is 3. The van der Waals surface area contributed by atoms with Gasteiger partial charge in [0.15, 0.2) is 5.82 Å². The Morgan fingerprint density at radius 2 is 1.57 bits per heavy atom. The molecule has 4 fully saturated rings. The lowest BCUT2D eigenvalue weighted by molar-refractivity contribution is -0.134. The van der Waals surface area contributed by atoms with Crippen LogP contribution in [0, 0.1) is 5.92 Å². The van der Waals surface area contributed by atoms with Gasteiger partial charge in [0.25, 0.3) is 5.91 Å². The van der Waals surface area contributed by atoms with Crippen molar-refractivity contribution in [3.05, 3.63) is 108 Å². The molecule has 0 spiro atoms. The molecule has 1 atom stereocenters. The minimum absolute atomic E-state index is 0.200. The lowest BCUT2D eigenvalue weighted by Crippen LogP contribution is -2.52. The normalized spacial score (nSPS) is 18.4. The zero-order chi connectivity index (χ0) is 52.2. The van der Waals surface area contributed by atoms with Crippen LogP contribution < -0.4 is 41.1 Å². The zero-order valence-electron chi connectivity index (χ0n) is 43.0. The number of imide groups is 1. The van der Waals surface area contributed by atoms with Gasteiger partial charge in [0.1, 0.15) is 29.6 Å². The molecule has 75 heavy (non-hydrogen) atoms. The van der Waals surface area contributed by atoms with Crippen LogP contribution in [0.4, 0.5) is 34.5 Å². The highest BCUT2D eigenvalue weighted by atomic mass is 35.5. The van der Waals surface area contributed by atoms with Crippen LogP contribution in [-0.4, -0.2) is 144 Å². The molecular weight excluding hydrogens is 989 g/mol. The van der Waals surface area contributed by atoms with Crippen molar-refractivity contribution in [3.8, 4) is 28.0 Å². The van der Waals surface area contributed by atoms with E-state index in [2.05, 4.69) is 68.1 Å². The van der Waals surface area contributed by atoms with E-state index in [0.717, 1.165) is 105 Å². The number of hydrogen-bond acceptors (Lipinski definition) is 15. The number of piperazine rings is 1. The summed E-state index contributed by atoms with van der Waals surface area (Å²) in [6, 6.07) is 23.5. The number of benzene rings is 3. The first-order valence-corrected chi connectivity index (χ1v) is 28.8. The zero-order valence-corrected chi connectivity index (χ0v) is 44.6. The Labute approximate surface area is 443 Å². The number of aryl methyl sites for hydroxylation is 1. The number of rotatable bonds is 15. The van der Waals surface area contributed by atoms with E-state index < -0.39 is 25.0 Å². The van der Waals surface area contributed by atoms with Crippen LogP contribution in [0.2, 0.25) is 5.02 Å². The molecule has 0 radical (unpaired) electrons. The highest BCUT2D eigenvalue weighted by molar-refractivity contribution is 7.70. The van der Waals surface area contributed by atoms with Gasteiger partial charge in [-0.2, -0.15) is 10.1 Å². The van der Waals surface area contributed by atoms with Gasteiger partial charge in [0.05, 0.1) is 42.8 Å². The third kappa shape index (κ3) is 12.2. The predicted octanol–water partition coefficient (Wildman–Crippen LogP) is 7.37. The fraction of sp³-hybridized carbons (Fsp3) is 0.400. The van der Waals surface area contributed by atoms with Gasteiger partial charge in [0.2, 0.25) is 17.8 Å². The number of halogens is 1. The fourth-order valence-electron chi connectivity index (χ4n) is 10.8. The van der Waals surface area contributed by atoms with Crippen LogP contribution in [0.1, 0.15) is 49.0 Å². The van der Waals surface area contributed by atoms with Crippen LogP contribution in [0.3, 0.4) is 0 Å². The first-order chi connectivity index (χ1) is 36.2. The summed E-state index contributed by atoms with van der Waals surface area (Å²) >= 11 is 6.72. The molecule has 18 nitrogen and oxygen atoms in total. The molecule has 0 saturated carbocycles. The average molecular weight is 1050 g/mol. The number of aromatic nitrogens is 5. The number of likely N-dealkylation sites (tertiary alicyclic amines) is 1. The maximum atomic E-state index is 13.7. The second-order valence-corrected chi connectivity index (χ2v) is 24.0. The Kier molecular flexibility index (Phi) is 15.5. The smallest absolute Gasteiger partial charge is 0.270 e. The maximum Gasteiger partial charge on any atom is 0.270 e. The van der Waals surface area contributed by atoms with Gasteiger partial charge < -0.3 is 40.0 Å². The highest BCUT2D eigenvalue weighted by Crippen LogP contribution is 2.43. The van der Waals surface area contributed by atoms with E-state index in [-0.39, 0.29) is 24.4 Å². The minimum Gasteiger partial charge on any atom is -0.494 e. The number of amides is 3. The van der Waals surface area contributed by atoms with Crippen LogP contribution >= 0.6 is 18.7 Å². The quantitative estimate of drug-likeness (QED) is 0.0588. The molecule has 4 N–H and O–H groups in total. The van der Waals surface area contributed by atoms with Crippen molar-refractivity contribution in [2.24, 2.45) is 13.0 Å². The SMILES string of the molecule is COc1cc(N2CCC(N3CCC(CN4CCN(c5ccc(C(=O)NC6CCC(=O)NC6=O)nc5)CC4)CC3)CC2)c(-c2cnn(C)c2)cc1Nc1ncc(Cl)c(Nc2ccc(-c3ccccc3)cc2P(C)(C)=O)n1. The maximum absolute atomic E-state index is 13.7. The molecule has 3 aromatic heterocycles. The molecule has 0 aliphatic carbocycles. The van der Waals surface area contributed by atoms with Crippen molar-refractivity contribution in [2.45, 2.75) is 50.6 Å². The molecule has 1 unspecified atom stereocenters. The Bertz CT molecular complexity index is 3070. The minimum atomic E-state index is -2.73. The Morgan fingerprint density at radius 3 is 2.25 bits per heavy atom. The molecule has 20 heteroatoms. The summed E-state index contributed by atoms with van der Waals surface area (Å²) < 4.78 is 21.5. The van der Waals surface area contributed by atoms with Crippen molar-refractivity contribution in [1.82, 2.24) is 45.2 Å². The molecule has 3 aromatic carbocycles. The summed E-state index contributed by atoms with van der Waals surface area (Å²) in [5.74, 6) is 0.783. The van der Waals surface area contributed by atoms with E-state index >= 15 is 0 Å². The van der Waals surface area contributed by atoms with Crippen molar-refractivity contribution in [1.29, 1.82) is 0 Å². The average Bonchev–Trinajstić information content (AvgIpc) is 3.86. The summed E-state index contributed by atoms with van der Waals surface area (Å²) in [5, 5.41) is 17.3. The number of ether oxygens (including phenoxy) is 1. The van der Waals surface area contributed by atoms with E-state index in [4.69, 9.17) is 21.3 Å². The number of piperidine rings is 3. The van der Waals surface area contributed by atoms with Crippen LogP contribution in [0.25, 0.3) is 22.3 Å². The second-order valence-electron chi connectivity index (χ2n) is 20.4. The number of carbonyl (C=O) groups is 3.